The molecule has 0 unspecified atom stereocenters. The second-order valence-corrected chi connectivity index (χ2v) is 5.70. The van der Waals surface area contributed by atoms with Crippen molar-refractivity contribution in [2.75, 3.05) is 13.6 Å². The lowest BCUT2D eigenvalue weighted by atomic mass is 9.81. The maximum Gasteiger partial charge on any atom is 0.239 e. The molecule has 0 bridgehead atoms. The highest BCUT2D eigenvalue weighted by molar-refractivity contribution is 5.85. The summed E-state index contributed by atoms with van der Waals surface area (Å²) in [4.78, 5) is 11.8. The molecule has 0 aromatic rings. The molecule has 0 saturated heterocycles. The molecule has 0 aliphatic heterocycles. The largest absolute Gasteiger partial charge is 0.354 e. The van der Waals surface area contributed by atoms with Crippen molar-refractivity contribution < 1.29 is 4.79 Å². The molecule has 0 spiro atoms. The highest BCUT2D eigenvalue weighted by atomic mass is 16.2. The quantitative estimate of drug-likeness (QED) is 0.732. The van der Waals surface area contributed by atoms with Crippen molar-refractivity contribution in [1.82, 2.24) is 10.6 Å². The van der Waals surface area contributed by atoms with Crippen LogP contribution in [0.2, 0.25) is 0 Å². The van der Waals surface area contributed by atoms with Crippen LogP contribution < -0.4 is 10.6 Å². The van der Waals surface area contributed by atoms with E-state index >= 15 is 0 Å². The fourth-order valence-corrected chi connectivity index (χ4v) is 0.847. The lowest BCUT2D eigenvalue weighted by Crippen LogP contribution is -2.53. The van der Waals surface area contributed by atoms with Gasteiger partial charge in [0.1, 0.15) is 0 Å². The Hall–Kier alpha value is -0.570. The minimum atomic E-state index is -0.493. The molecule has 90 valence electrons. The van der Waals surface area contributed by atoms with Gasteiger partial charge < -0.3 is 10.6 Å². The monoisotopic (exact) mass is 214 g/mol. The molecule has 2 N–H and O–H groups in total. The normalized spacial score (nSPS) is 13.1. The highest BCUT2D eigenvalue weighted by Crippen LogP contribution is 2.24. The van der Waals surface area contributed by atoms with Crippen molar-refractivity contribution in [1.29, 1.82) is 0 Å². The molecule has 0 fully saturated rings. The Kier molecular flexibility index (Phi) is 4.78. The van der Waals surface area contributed by atoms with Crippen LogP contribution in [0.4, 0.5) is 0 Å². The third kappa shape index (κ3) is 4.20. The maximum absolute atomic E-state index is 11.8. The molecule has 0 aliphatic rings. The molecule has 0 rings (SSSR count). The summed E-state index contributed by atoms with van der Waals surface area (Å²) in [6.45, 7) is 13.2. The first-order valence-electron chi connectivity index (χ1n) is 5.60. The molecular formula is C12H26N2O. The minimum Gasteiger partial charge on any atom is -0.354 e. The van der Waals surface area contributed by atoms with Gasteiger partial charge in [-0.15, -0.1) is 0 Å². The second kappa shape index (κ2) is 4.97. The van der Waals surface area contributed by atoms with Gasteiger partial charge in [0.05, 0.1) is 5.54 Å². The maximum atomic E-state index is 11.8. The van der Waals surface area contributed by atoms with Crippen LogP contribution in [-0.4, -0.2) is 25.0 Å². The van der Waals surface area contributed by atoms with Crippen molar-refractivity contribution >= 4 is 5.91 Å². The summed E-state index contributed by atoms with van der Waals surface area (Å²) in [5.41, 5.74) is -0.355. The first-order chi connectivity index (χ1) is 6.63. The molecule has 0 aromatic carbocycles. The Morgan fingerprint density at radius 3 is 2.00 bits per heavy atom. The molecule has 3 heteroatoms. The molecule has 0 aliphatic carbocycles. The van der Waals surface area contributed by atoms with Gasteiger partial charge in [0.15, 0.2) is 0 Å². The second-order valence-electron chi connectivity index (χ2n) is 5.70. The summed E-state index contributed by atoms with van der Waals surface area (Å²) in [6.07, 6.45) is 0. The Bertz CT molecular complexity index is 220. The van der Waals surface area contributed by atoms with Gasteiger partial charge in [0, 0.05) is 6.54 Å². The van der Waals surface area contributed by atoms with Crippen LogP contribution in [0.15, 0.2) is 0 Å². The number of nitrogens with one attached hydrogen (secondary N) is 2. The van der Waals surface area contributed by atoms with Gasteiger partial charge in [0.25, 0.3) is 0 Å². The number of rotatable bonds is 5. The van der Waals surface area contributed by atoms with E-state index in [1.165, 1.54) is 0 Å². The van der Waals surface area contributed by atoms with Gasteiger partial charge in [-0.25, -0.2) is 0 Å². The van der Waals surface area contributed by atoms with E-state index in [1.54, 1.807) is 7.05 Å². The molecule has 0 atom stereocenters. The molecule has 3 nitrogen and oxygen atoms in total. The zero-order chi connectivity index (χ0) is 12.3. The van der Waals surface area contributed by atoms with Crippen LogP contribution in [0, 0.1) is 11.3 Å². The van der Waals surface area contributed by atoms with E-state index in [1.807, 2.05) is 13.8 Å². The van der Waals surface area contributed by atoms with Crippen molar-refractivity contribution in [3.8, 4) is 0 Å². The highest BCUT2D eigenvalue weighted by Gasteiger charge is 2.28. The average molecular weight is 214 g/mol. The zero-order valence-electron chi connectivity index (χ0n) is 11.2. The molecule has 0 heterocycles. The molecule has 1 amide bonds. The van der Waals surface area contributed by atoms with Crippen LogP contribution in [0.3, 0.4) is 0 Å². The predicted molar refractivity (Wildman–Crippen MR) is 64.8 cm³/mol. The Morgan fingerprint density at radius 1 is 1.20 bits per heavy atom. The van der Waals surface area contributed by atoms with Crippen LogP contribution in [0.1, 0.15) is 41.5 Å². The van der Waals surface area contributed by atoms with Gasteiger partial charge >= 0.3 is 0 Å². The van der Waals surface area contributed by atoms with Gasteiger partial charge in [0.2, 0.25) is 5.91 Å². The van der Waals surface area contributed by atoms with E-state index < -0.39 is 5.54 Å². The molecule has 15 heavy (non-hydrogen) atoms. The van der Waals surface area contributed by atoms with E-state index in [-0.39, 0.29) is 11.3 Å². The average Bonchev–Trinajstić information content (AvgIpc) is 2.13. The molecular weight excluding hydrogens is 188 g/mol. The Morgan fingerprint density at radius 2 is 1.67 bits per heavy atom. The fourth-order valence-electron chi connectivity index (χ4n) is 0.847. The number of likely N-dealkylation sites (N-methyl/N-ethyl adjacent to an activating group) is 1. The number of carbonyl (C=O) groups excluding carboxylic acids is 1. The first-order valence-corrected chi connectivity index (χ1v) is 5.60. The first kappa shape index (κ1) is 14.4. The Labute approximate surface area is 94.0 Å². The molecule has 0 radical (unpaired) electrons. The lowest BCUT2D eigenvalue weighted by Gasteiger charge is -2.31. The van der Waals surface area contributed by atoms with Gasteiger partial charge in [-0.1, -0.05) is 27.7 Å². The lowest BCUT2D eigenvalue weighted by molar-refractivity contribution is -0.126. The van der Waals surface area contributed by atoms with Crippen molar-refractivity contribution in [3.05, 3.63) is 0 Å². The van der Waals surface area contributed by atoms with Crippen LogP contribution in [0.5, 0.6) is 0 Å². The van der Waals surface area contributed by atoms with Gasteiger partial charge in [-0.3, -0.25) is 4.79 Å². The van der Waals surface area contributed by atoms with E-state index in [0.29, 0.717) is 12.5 Å². The van der Waals surface area contributed by atoms with E-state index in [4.69, 9.17) is 0 Å². The van der Waals surface area contributed by atoms with Crippen LogP contribution in [-0.2, 0) is 4.79 Å². The summed E-state index contributed by atoms with van der Waals surface area (Å²) >= 11 is 0. The standard InChI is InChI=1S/C12H26N2O/c1-9(2)11(3,4)8-14-10(15)12(5,6)13-7/h9,13H,8H2,1-7H3,(H,14,15). The van der Waals surface area contributed by atoms with Crippen LogP contribution in [0.25, 0.3) is 0 Å². The number of carbonyl (C=O) groups is 1. The van der Waals surface area contributed by atoms with Crippen LogP contribution >= 0.6 is 0 Å². The summed E-state index contributed by atoms with van der Waals surface area (Å²) in [5, 5.41) is 5.99. The Balaban J connectivity index is 4.24. The van der Waals surface area contributed by atoms with Crippen molar-refractivity contribution in [2.24, 2.45) is 11.3 Å². The van der Waals surface area contributed by atoms with E-state index in [9.17, 15) is 4.79 Å². The van der Waals surface area contributed by atoms with Crippen molar-refractivity contribution in [3.63, 3.8) is 0 Å². The molecule has 0 aromatic heterocycles. The minimum absolute atomic E-state index is 0.0544. The van der Waals surface area contributed by atoms with E-state index in [0.717, 1.165) is 0 Å². The third-order valence-electron chi connectivity index (χ3n) is 3.46. The topological polar surface area (TPSA) is 41.1 Å². The number of hydrogen-bond acceptors (Lipinski definition) is 2. The summed E-state index contributed by atoms with van der Waals surface area (Å²) in [5.74, 6) is 0.606. The summed E-state index contributed by atoms with van der Waals surface area (Å²) < 4.78 is 0. The van der Waals surface area contributed by atoms with E-state index in [2.05, 4.69) is 38.3 Å². The molecule has 0 saturated carbocycles. The number of hydrogen-bond donors (Lipinski definition) is 2. The van der Waals surface area contributed by atoms with Gasteiger partial charge in [-0.05, 0) is 32.2 Å². The summed E-state index contributed by atoms with van der Waals surface area (Å²) in [7, 11) is 1.80. The smallest absolute Gasteiger partial charge is 0.239 e. The number of amides is 1. The third-order valence-corrected chi connectivity index (χ3v) is 3.46. The van der Waals surface area contributed by atoms with Gasteiger partial charge in [-0.2, -0.15) is 0 Å². The fraction of sp³-hybridized carbons (Fsp3) is 0.917. The zero-order valence-corrected chi connectivity index (χ0v) is 11.2. The SMILES string of the molecule is CNC(C)(C)C(=O)NCC(C)(C)C(C)C. The van der Waals surface area contributed by atoms with Crippen molar-refractivity contribution in [2.45, 2.75) is 47.1 Å². The predicted octanol–water partition coefficient (Wildman–Crippen LogP) is 1.78. The summed E-state index contributed by atoms with van der Waals surface area (Å²) in [6, 6.07) is 0.